The molecule has 1 saturated heterocycles. The van der Waals surface area contributed by atoms with E-state index in [1.807, 2.05) is 4.90 Å². The lowest BCUT2D eigenvalue weighted by atomic mass is 10.2. The lowest BCUT2D eigenvalue weighted by molar-refractivity contribution is 0.0446. The van der Waals surface area contributed by atoms with Gasteiger partial charge in [-0.15, -0.1) is 11.3 Å². The Morgan fingerprint density at radius 3 is 2.96 bits per heavy atom. The average molecular weight is 340 g/mol. The van der Waals surface area contributed by atoms with Gasteiger partial charge in [-0.3, -0.25) is 5.32 Å². The van der Waals surface area contributed by atoms with Gasteiger partial charge in [0, 0.05) is 25.1 Å². The smallest absolute Gasteiger partial charge is 0.338 e. The Balaban J connectivity index is 1.85. The number of urea groups is 1. The van der Waals surface area contributed by atoms with E-state index in [9.17, 15) is 9.59 Å². The summed E-state index contributed by atoms with van der Waals surface area (Å²) in [5.41, 5.74) is 0.455. The van der Waals surface area contributed by atoms with Crippen LogP contribution < -0.4 is 5.32 Å². The molecule has 1 atom stereocenters. The van der Waals surface area contributed by atoms with Crippen molar-refractivity contribution in [2.24, 2.45) is 0 Å². The number of anilines is 1. The minimum Gasteiger partial charge on any atom is -0.465 e. The molecule has 2 amide bonds. The van der Waals surface area contributed by atoms with Gasteiger partial charge >= 0.3 is 12.0 Å². The van der Waals surface area contributed by atoms with Crippen LogP contribution in [-0.2, 0) is 9.47 Å². The highest BCUT2D eigenvalue weighted by Gasteiger charge is 2.21. The molecule has 1 aromatic heterocycles. The standard InChI is InChI=1S/C16H24N2O4S/c1-3-9-22-13-5-4-7-18(8-6-13)16(20)17-14-10-12(11-23-14)15(19)21-2/h10-11,13H,3-9H2,1-2H3,(H,17,20)/t13-/m0/s1. The fourth-order valence-corrected chi connectivity index (χ4v) is 3.29. The number of amides is 2. The zero-order valence-corrected chi connectivity index (χ0v) is 14.5. The zero-order valence-electron chi connectivity index (χ0n) is 13.7. The summed E-state index contributed by atoms with van der Waals surface area (Å²) in [4.78, 5) is 25.6. The van der Waals surface area contributed by atoms with Gasteiger partial charge in [0.15, 0.2) is 0 Å². The van der Waals surface area contributed by atoms with Crippen molar-refractivity contribution in [1.82, 2.24) is 4.90 Å². The number of rotatable bonds is 5. The van der Waals surface area contributed by atoms with Gasteiger partial charge in [-0.05, 0) is 31.7 Å². The molecule has 7 heteroatoms. The molecule has 0 radical (unpaired) electrons. The highest BCUT2D eigenvalue weighted by atomic mass is 32.1. The molecule has 0 spiro atoms. The van der Waals surface area contributed by atoms with Crippen LogP contribution in [0.25, 0.3) is 0 Å². The van der Waals surface area contributed by atoms with Gasteiger partial charge in [0.1, 0.15) is 0 Å². The SMILES string of the molecule is CCCO[C@H]1CCCN(C(=O)Nc2cc(C(=O)OC)cs2)CC1. The minimum atomic E-state index is -0.396. The maximum absolute atomic E-state index is 12.4. The van der Waals surface area contributed by atoms with E-state index in [4.69, 9.17) is 4.74 Å². The Morgan fingerprint density at radius 2 is 2.22 bits per heavy atom. The Kier molecular flexibility index (Phi) is 6.85. The molecule has 0 saturated carbocycles. The molecule has 0 aromatic carbocycles. The van der Waals surface area contributed by atoms with E-state index in [0.717, 1.165) is 38.8 Å². The first kappa shape index (κ1) is 17.7. The van der Waals surface area contributed by atoms with Crippen LogP contribution in [0, 0.1) is 0 Å². The molecule has 1 aliphatic rings. The van der Waals surface area contributed by atoms with Crippen molar-refractivity contribution in [3.05, 3.63) is 17.0 Å². The largest absolute Gasteiger partial charge is 0.465 e. The van der Waals surface area contributed by atoms with E-state index in [-0.39, 0.29) is 12.1 Å². The summed E-state index contributed by atoms with van der Waals surface area (Å²) in [5.74, 6) is -0.396. The summed E-state index contributed by atoms with van der Waals surface area (Å²) >= 11 is 1.32. The first-order chi connectivity index (χ1) is 11.1. The molecule has 128 valence electrons. The average Bonchev–Trinajstić information content (AvgIpc) is 2.89. The van der Waals surface area contributed by atoms with E-state index in [1.54, 1.807) is 11.4 Å². The number of esters is 1. The number of carbonyl (C=O) groups excluding carboxylic acids is 2. The molecular weight excluding hydrogens is 316 g/mol. The van der Waals surface area contributed by atoms with Crippen LogP contribution in [0.15, 0.2) is 11.4 Å². The van der Waals surface area contributed by atoms with E-state index in [0.29, 0.717) is 17.1 Å². The number of hydrogen-bond acceptors (Lipinski definition) is 5. The second kappa shape index (κ2) is 8.88. The third-order valence-electron chi connectivity index (χ3n) is 3.77. The third kappa shape index (κ3) is 5.21. The van der Waals surface area contributed by atoms with Crippen molar-refractivity contribution in [3.8, 4) is 0 Å². The van der Waals surface area contributed by atoms with Gasteiger partial charge in [0.25, 0.3) is 0 Å². The molecular formula is C16H24N2O4S. The summed E-state index contributed by atoms with van der Waals surface area (Å²) < 4.78 is 10.5. The molecule has 2 heterocycles. The molecule has 1 aliphatic heterocycles. The van der Waals surface area contributed by atoms with E-state index < -0.39 is 5.97 Å². The number of carbonyl (C=O) groups is 2. The van der Waals surface area contributed by atoms with E-state index >= 15 is 0 Å². The van der Waals surface area contributed by atoms with Gasteiger partial charge < -0.3 is 14.4 Å². The molecule has 2 rings (SSSR count). The van der Waals surface area contributed by atoms with Crippen molar-refractivity contribution >= 4 is 28.3 Å². The van der Waals surface area contributed by atoms with Crippen LogP contribution >= 0.6 is 11.3 Å². The summed E-state index contributed by atoms with van der Waals surface area (Å²) in [7, 11) is 1.34. The van der Waals surface area contributed by atoms with Crippen molar-refractivity contribution in [1.29, 1.82) is 0 Å². The van der Waals surface area contributed by atoms with E-state index in [1.165, 1.54) is 18.4 Å². The van der Waals surface area contributed by atoms with Crippen molar-refractivity contribution in [2.45, 2.75) is 38.7 Å². The number of thiophene rings is 1. The number of likely N-dealkylation sites (tertiary alicyclic amines) is 1. The first-order valence-electron chi connectivity index (χ1n) is 7.98. The van der Waals surface area contributed by atoms with Crippen molar-refractivity contribution in [2.75, 3.05) is 32.1 Å². The summed E-state index contributed by atoms with van der Waals surface area (Å²) in [6.45, 7) is 4.30. The maximum Gasteiger partial charge on any atom is 0.338 e. The van der Waals surface area contributed by atoms with Gasteiger partial charge in [-0.2, -0.15) is 0 Å². The maximum atomic E-state index is 12.4. The number of nitrogens with one attached hydrogen (secondary N) is 1. The Bertz CT molecular complexity index is 532. The molecule has 1 N–H and O–H groups in total. The van der Waals surface area contributed by atoms with Gasteiger partial charge in [-0.1, -0.05) is 6.92 Å². The van der Waals surface area contributed by atoms with E-state index in [2.05, 4.69) is 17.0 Å². The van der Waals surface area contributed by atoms with Crippen molar-refractivity contribution in [3.63, 3.8) is 0 Å². The molecule has 1 fully saturated rings. The number of hydrogen-bond donors (Lipinski definition) is 1. The molecule has 23 heavy (non-hydrogen) atoms. The number of ether oxygens (including phenoxy) is 2. The zero-order chi connectivity index (χ0) is 16.7. The Labute approximate surface area is 140 Å². The molecule has 0 aliphatic carbocycles. The Morgan fingerprint density at radius 1 is 1.39 bits per heavy atom. The third-order valence-corrected chi connectivity index (χ3v) is 4.62. The van der Waals surface area contributed by atoms with Crippen LogP contribution in [0.4, 0.5) is 9.80 Å². The summed E-state index contributed by atoms with van der Waals surface area (Å²) in [6.07, 6.45) is 4.07. The Hall–Kier alpha value is -1.60. The summed E-state index contributed by atoms with van der Waals surface area (Å²) in [6, 6.07) is 1.51. The van der Waals surface area contributed by atoms with Crippen LogP contribution in [-0.4, -0.2) is 49.8 Å². The quantitative estimate of drug-likeness (QED) is 0.835. The molecule has 0 bridgehead atoms. The number of methoxy groups -OCH3 is 1. The fourth-order valence-electron chi connectivity index (χ4n) is 2.53. The monoisotopic (exact) mass is 340 g/mol. The highest BCUT2D eigenvalue weighted by Crippen LogP contribution is 2.22. The topological polar surface area (TPSA) is 67.9 Å². The predicted octanol–water partition coefficient (Wildman–Crippen LogP) is 3.35. The van der Waals surface area contributed by atoms with Crippen LogP contribution in [0.2, 0.25) is 0 Å². The normalized spacial score (nSPS) is 18.3. The second-order valence-electron chi connectivity index (χ2n) is 5.53. The molecule has 6 nitrogen and oxygen atoms in total. The van der Waals surface area contributed by atoms with Gasteiger partial charge in [0.05, 0.1) is 23.8 Å². The van der Waals surface area contributed by atoms with Crippen LogP contribution in [0.3, 0.4) is 0 Å². The van der Waals surface area contributed by atoms with Crippen LogP contribution in [0.1, 0.15) is 43.0 Å². The lowest BCUT2D eigenvalue weighted by Gasteiger charge is -2.20. The number of nitrogens with zero attached hydrogens (tertiary/aromatic N) is 1. The minimum absolute atomic E-state index is 0.126. The van der Waals surface area contributed by atoms with Gasteiger partial charge in [-0.25, -0.2) is 9.59 Å². The fraction of sp³-hybridized carbons (Fsp3) is 0.625. The molecule has 1 aromatic rings. The molecule has 0 unspecified atom stereocenters. The van der Waals surface area contributed by atoms with Gasteiger partial charge in [0.2, 0.25) is 0 Å². The summed E-state index contributed by atoms with van der Waals surface area (Å²) in [5, 5.41) is 5.18. The van der Waals surface area contributed by atoms with Crippen molar-refractivity contribution < 1.29 is 19.1 Å². The highest BCUT2D eigenvalue weighted by molar-refractivity contribution is 7.14. The predicted molar refractivity (Wildman–Crippen MR) is 90.1 cm³/mol. The lowest BCUT2D eigenvalue weighted by Crippen LogP contribution is -2.35. The first-order valence-corrected chi connectivity index (χ1v) is 8.86. The van der Waals surface area contributed by atoms with Crippen LogP contribution in [0.5, 0.6) is 0 Å². The second-order valence-corrected chi connectivity index (χ2v) is 6.44.